The average Bonchev–Trinajstić information content (AvgIpc) is 2.69. The molecule has 1 heterocycles. The maximum absolute atomic E-state index is 14.2. The van der Waals surface area contributed by atoms with Crippen LogP contribution in [0.15, 0.2) is 30.3 Å². The first-order valence-electron chi connectivity index (χ1n) is 5.56. The lowest BCUT2D eigenvalue weighted by atomic mass is 10.2. The van der Waals surface area contributed by atoms with E-state index in [0.29, 0.717) is 21.1 Å². The van der Waals surface area contributed by atoms with Crippen LogP contribution in [0.1, 0.15) is 0 Å². The normalized spacial score (nSPS) is 11.2. The van der Waals surface area contributed by atoms with Gasteiger partial charge in [0.05, 0.1) is 31.8 Å². The summed E-state index contributed by atoms with van der Waals surface area (Å²) in [5, 5.41) is 0.696. The van der Waals surface area contributed by atoms with Gasteiger partial charge in [0.25, 0.3) is 0 Å². The number of imidazole rings is 1. The van der Waals surface area contributed by atoms with E-state index >= 15 is 0 Å². The average molecular weight is 331 g/mol. The summed E-state index contributed by atoms with van der Waals surface area (Å²) >= 11 is 17.7. The van der Waals surface area contributed by atoms with Gasteiger partial charge < -0.3 is 5.73 Å². The molecule has 0 saturated heterocycles. The van der Waals surface area contributed by atoms with E-state index in [0.717, 1.165) is 0 Å². The van der Waals surface area contributed by atoms with E-state index < -0.39 is 5.82 Å². The number of nitrogens with zero attached hydrogens (tertiary/aromatic N) is 2. The Bertz CT molecular complexity index is 829. The highest BCUT2D eigenvalue weighted by Crippen LogP contribution is 2.32. The van der Waals surface area contributed by atoms with E-state index in [1.165, 1.54) is 10.6 Å². The lowest BCUT2D eigenvalue weighted by Gasteiger charge is -2.09. The molecular weight excluding hydrogens is 324 g/mol. The van der Waals surface area contributed by atoms with Crippen LogP contribution < -0.4 is 5.73 Å². The fraction of sp³-hybridized carbons (Fsp3) is 0. The SMILES string of the molecule is Nc1nc2cc(Cl)c(Cl)cc2n1-c1cccc(Cl)c1F. The third-order valence-electron chi connectivity index (χ3n) is 2.89. The van der Waals surface area contributed by atoms with Crippen LogP contribution in [0.2, 0.25) is 15.1 Å². The van der Waals surface area contributed by atoms with Gasteiger partial charge in [0.2, 0.25) is 5.95 Å². The Hall–Kier alpha value is -1.49. The second kappa shape index (κ2) is 4.81. The molecule has 0 unspecified atom stereocenters. The van der Waals surface area contributed by atoms with Crippen molar-refractivity contribution in [2.75, 3.05) is 5.73 Å². The highest BCUT2D eigenvalue weighted by atomic mass is 35.5. The van der Waals surface area contributed by atoms with Gasteiger partial charge in [0.1, 0.15) is 0 Å². The predicted molar refractivity (Wildman–Crippen MR) is 80.5 cm³/mol. The quantitative estimate of drug-likeness (QED) is 0.702. The van der Waals surface area contributed by atoms with E-state index in [9.17, 15) is 4.39 Å². The minimum Gasteiger partial charge on any atom is -0.369 e. The van der Waals surface area contributed by atoms with Gasteiger partial charge in [0.15, 0.2) is 5.82 Å². The summed E-state index contributed by atoms with van der Waals surface area (Å²) in [7, 11) is 0. The fourth-order valence-electron chi connectivity index (χ4n) is 2.01. The van der Waals surface area contributed by atoms with Gasteiger partial charge >= 0.3 is 0 Å². The molecule has 0 fully saturated rings. The number of benzene rings is 2. The molecule has 0 aliphatic rings. The minimum absolute atomic E-state index is 0.00353. The molecule has 7 heteroatoms. The summed E-state index contributed by atoms with van der Waals surface area (Å²) in [6.45, 7) is 0. The Kier molecular flexibility index (Phi) is 3.24. The van der Waals surface area contributed by atoms with Crippen LogP contribution in [0, 0.1) is 5.82 Å². The van der Waals surface area contributed by atoms with Crippen molar-refractivity contribution in [3.8, 4) is 5.69 Å². The van der Waals surface area contributed by atoms with E-state index in [4.69, 9.17) is 40.5 Å². The third kappa shape index (κ3) is 2.00. The molecule has 3 aromatic rings. The first kappa shape index (κ1) is 13.5. The molecular formula is C13H7Cl3FN3. The van der Waals surface area contributed by atoms with Crippen LogP contribution in [0.25, 0.3) is 16.7 Å². The highest BCUT2D eigenvalue weighted by molar-refractivity contribution is 6.42. The maximum atomic E-state index is 14.2. The summed E-state index contributed by atoms with van der Waals surface area (Å²) in [4.78, 5) is 4.15. The number of nitrogen functional groups attached to an aromatic ring is 1. The van der Waals surface area contributed by atoms with Gasteiger partial charge in [-0.2, -0.15) is 0 Å². The zero-order chi connectivity index (χ0) is 14.4. The van der Waals surface area contributed by atoms with Crippen molar-refractivity contribution in [2.24, 2.45) is 0 Å². The topological polar surface area (TPSA) is 43.8 Å². The Morgan fingerprint density at radius 1 is 1.05 bits per heavy atom. The standard InChI is InChI=1S/C13H7Cl3FN3/c14-6-2-1-3-10(12(6)17)20-11-5-8(16)7(15)4-9(11)19-13(20)18/h1-5H,(H2,18,19). The van der Waals surface area contributed by atoms with Crippen LogP contribution in [0.3, 0.4) is 0 Å². The van der Waals surface area contributed by atoms with Crippen molar-refractivity contribution < 1.29 is 4.39 Å². The van der Waals surface area contributed by atoms with Gasteiger partial charge in [-0.25, -0.2) is 9.37 Å². The molecule has 102 valence electrons. The number of fused-ring (bicyclic) bond motifs is 1. The molecule has 0 aliphatic heterocycles. The molecule has 0 radical (unpaired) electrons. The van der Waals surface area contributed by atoms with Crippen molar-refractivity contribution in [2.45, 2.75) is 0 Å². The predicted octanol–water partition coefficient (Wildman–Crippen LogP) is 4.71. The van der Waals surface area contributed by atoms with Gasteiger partial charge in [-0.1, -0.05) is 40.9 Å². The van der Waals surface area contributed by atoms with Crippen molar-refractivity contribution in [3.05, 3.63) is 51.2 Å². The number of rotatable bonds is 1. The molecule has 2 N–H and O–H groups in total. The smallest absolute Gasteiger partial charge is 0.206 e. The highest BCUT2D eigenvalue weighted by Gasteiger charge is 2.16. The van der Waals surface area contributed by atoms with Crippen LogP contribution in [-0.4, -0.2) is 9.55 Å². The summed E-state index contributed by atoms with van der Waals surface area (Å²) in [5.41, 5.74) is 7.14. The lowest BCUT2D eigenvalue weighted by molar-refractivity contribution is 0.620. The zero-order valence-corrected chi connectivity index (χ0v) is 12.1. The van der Waals surface area contributed by atoms with E-state index in [2.05, 4.69) is 4.98 Å². The Labute approximate surface area is 128 Å². The van der Waals surface area contributed by atoms with E-state index in [1.54, 1.807) is 24.3 Å². The van der Waals surface area contributed by atoms with E-state index in [-0.39, 0.29) is 16.7 Å². The fourth-order valence-corrected chi connectivity index (χ4v) is 2.49. The Balaban J connectivity index is 2.39. The van der Waals surface area contributed by atoms with Crippen LogP contribution in [-0.2, 0) is 0 Å². The van der Waals surface area contributed by atoms with Crippen LogP contribution in [0.5, 0.6) is 0 Å². The number of hydrogen-bond acceptors (Lipinski definition) is 2. The molecule has 0 saturated carbocycles. The monoisotopic (exact) mass is 329 g/mol. The molecule has 0 bridgehead atoms. The number of anilines is 1. The number of nitrogens with two attached hydrogens (primary N) is 1. The first-order valence-corrected chi connectivity index (χ1v) is 6.70. The summed E-state index contributed by atoms with van der Waals surface area (Å²) < 4.78 is 15.6. The number of halogens is 4. The molecule has 0 aliphatic carbocycles. The summed E-state index contributed by atoms with van der Waals surface area (Å²) in [5.74, 6) is -0.453. The number of aromatic nitrogens is 2. The summed E-state index contributed by atoms with van der Waals surface area (Å²) in [6.07, 6.45) is 0. The molecule has 20 heavy (non-hydrogen) atoms. The van der Waals surface area contributed by atoms with Gasteiger partial charge in [0, 0.05) is 0 Å². The third-order valence-corrected chi connectivity index (χ3v) is 3.91. The molecule has 0 atom stereocenters. The first-order chi connectivity index (χ1) is 9.49. The maximum Gasteiger partial charge on any atom is 0.206 e. The minimum atomic E-state index is -0.578. The van der Waals surface area contributed by atoms with Gasteiger partial charge in [-0.3, -0.25) is 4.57 Å². The largest absolute Gasteiger partial charge is 0.369 e. The molecule has 3 nitrogen and oxygen atoms in total. The summed E-state index contributed by atoms with van der Waals surface area (Å²) in [6, 6.07) is 7.81. The molecule has 2 aromatic carbocycles. The van der Waals surface area contributed by atoms with Crippen LogP contribution >= 0.6 is 34.8 Å². The Morgan fingerprint density at radius 2 is 1.75 bits per heavy atom. The molecule has 1 aromatic heterocycles. The van der Waals surface area contributed by atoms with Gasteiger partial charge in [-0.15, -0.1) is 0 Å². The Morgan fingerprint density at radius 3 is 2.50 bits per heavy atom. The number of hydrogen-bond donors (Lipinski definition) is 1. The lowest BCUT2D eigenvalue weighted by Crippen LogP contribution is -2.03. The van der Waals surface area contributed by atoms with Crippen molar-refractivity contribution in [1.29, 1.82) is 0 Å². The zero-order valence-electron chi connectivity index (χ0n) is 9.87. The second-order valence-electron chi connectivity index (χ2n) is 4.13. The van der Waals surface area contributed by atoms with Crippen molar-refractivity contribution in [3.63, 3.8) is 0 Å². The molecule has 0 amide bonds. The van der Waals surface area contributed by atoms with E-state index in [1.807, 2.05) is 0 Å². The second-order valence-corrected chi connectivity index (χ2v) is 5.35. The van der Waals surface area contributed by atoms with Crippen molar-refractivity contribution in [1.82, 2.24) is 9.55 Å². The molecule has 3 rings (SSSR count). The van der Waals surface area contributed by atoms with Gasteiger partial charge in [-0.05, 0) is 24.3 Å². The van der Waals surface area contributed by atoms with Crippen molar-refractivity contribution >= 4 is 51.8 Å². The molecule has 0 spiro atoms. The van der Waals surface area contributed by atoms with Crippen LogP contribution in [0.4, 0.5) is 10.3 Å².